The van der Waals surface area contributed by atoms with E-state index in [1.54, 1.807) is 11.1 Å². The highest BCUT2D eigenvalue weighted by Gasteiger charge is 2.25. The number of carbonyl (C=O) groups excluding carboxylic acids is 1. The molecule has 8 nitrogen and oxygen atoms in total. The third-order valence-electron chi connectivity index (χ3n) is 5.23. The fourth-order valence-corrected chi connectivity index (χ4v) is 3.86. The smallest absolute Gasteiger partial charge is 0.236 e. The molecular weight excluding hydrogens is 380 g/mol. The van der Waals surface area contributed by atoms with Crippen molar-refractivity contribution in [3.8, 4) is 23.2 Å². The maximum absolute atomic E-state index is 12.2. The highest BCUT2D eigenvalue weighted by atomic mass is 16.5. The van der Waals surface area contributed by atoms with Crippen LogP contribution < -0.4 is 10.1 Å². The molecular formula is C22H24N6O2. The van der Waals surface area contributed by atoms with Crippen LogP contribution in [0.3, 0.4) is 0 Å². The number of fused-ring (bicyclic) bond motifs is 1. The average Bonchev–Trinajstić information content (AvgIpc) is 3.24. The lowest BCUT2D eigenvalue weighted by Crippen LogP contribution is -2.45. The van der Waals surface area contributed by atoms with E-state index in [1.807, 2.05) is 43.5 Å². The number of carbonyl (C=O) groups is 1. The summed E-state index contributed by atoms with van der Waals surface area (Å²) in [6, 6.07) is 9.71. The number of amides is 1. The van der Waals surface area contributed by atoms with Crippen LogP contribution in [0.15, 0.2) is 36.7 Å². The van der Waals surface area contributed by atoms with E-state index in [4.69, 9.17) is 10.00 Å². The third kappa shape index (κ3) is 4.06. The molecule has 0 aliphatic carbocycles. The predicted octanol–water partition coefficient (Wildman–Crippen LogP) is 3.34. The van der Waals surface area contributed by atoms with Gasteiger partial charge < -0.3 is 19.9 Å². The first-order valence-electron chi connectivity index (χ1n) is 10.2. The van der Waals surface area contributed by atoms with Crippen molar-refractivity contribution in [1.29, 1.82) is 5.26 Å². The molecule has 30 heavy (non-hydrogen) atoms. The number of rotatable bonds is 6. The molecule has 1 amide bonds. The number of pyridine rings is 2. The van der Waals surface area contributed by atoms with Crippen LogP contribution in [0.4, 0.5) is 5.69 Å². The van der Waals surface area contributed by atoms with E-state index < -0.39 is 0 Å². The fourth-order valence-electron chi connectivity index (χ4n) is 3.86. The quantitative estimate of drug-likeness (QED) is 0.652. The summed E-state index contributed by atoms with van der Waals surface area (Å²) >= 11 is 0. The summed E-state index contributed by atoms with van der Waals surface area (Å²) < 4.78 is 5.57. The summed E-state index contributed by atoms with van der Waals surface area (Å²) in [4.78, 5) is 26.3. The zero-order valence-electron chi connectivity index (χ0n) is 16.9. The van der Waals surface area contributed by atoms with Gasteiger partial charge in [0.2, 0.25) is 11.8 Å². The monoisotopic (exact) mass is 404 g/mol. The normalized spacial score (nSPS) is 16.3. The van der Waals surface area contributed by atoms with Gasteiger partial charge in [-0.3, -0.25) is 4.79 Å². The molecule has 3 aromatic heterocycles. The topological polar surface area (TPSA) is 107 Å². The molecule has 1 fully saturated rings. The Balaban J connectivity index is 1.67. The number of hydrogen-bond acceptors (Lipinski definition) is 6. The van der Waals surface area contributed by atoms with Crippen LogP contribution in [0.1, 0.15) is 26.2 Å². The molecule has 0 bridgehead atoms. The van der Waals surface area contributed by atoms with E-state index in [1.165, 1.54) is 0 Å². The van der Waals surface area contributed by atoms with Gasteiger partial charge in [0, 0.05) is 48.5 Å². The Hall–Kier alpha value is -3.60. The third-order valence-corrected chi connectivity index (χ3v) is 5.23. The van der Waals surface area contributed by atoms with Crippen molar-refractivity contribution >= 4 is 22.6 Å². The standard InChI is InChI=1S/C22H24N6O2/c1-2-30-19-7-3-6-18(27-19)17-13-25-22-16(9-11-24-22)21(17)26-15-5-4-12-28(14-15)20(29)8-10-23/h3,6-7,9,11,13,15H,2,4-5,8,12,14H2,1H3,(H2,24,25,26)/t15-/m1/s1. The van der Waals surface area contributed by atoms with Gasteiger partial charge in [0.25, 0.3) is 0 Å². The molecule has 2 N–H and O–H groups in total. The van der Waals surface area contributed by atoms with Gasteiger partial charge in [0.05, 0.1) is 24.1 Å². The van der Waals surface area contributed by atoms with E-state index >= 15 is 0 Å². The molecule has 4 rings (SSSR count). The molecule has 154 valence electrons. The van der Waals surface area contributed by atoms with Gasteiger partial charge in [-0.1, -0.05) is 6.07 Å². The minimum atomic E-state index is -0.114. The SMILES string of the molecule is CCOc1cccc(-c2cnc3[nH]ccc3c2N[C@@H]2CCCN(C(=O)CC#N)C2)n1. The number of nitrogens with zero attached hydrogens (tertiary/aromatic N) is 4. The van der Waals surface area contributed by atoms with Crippen molar-refractivity contribution in [1.82, 2.24) is 19.9 Å². The van der Waals surface area contributed by atoms with Gasteiger partial charge in [-0.05, 0) is 31.9 Å². The lowest BCUT2D eigenvalue weighted by atomic mass is 10.0. The van der Waals surface area contributed by atoms with Crippen LogP contribution in [-0.4, -0.2) is 51.5 Å². The first kappa shape index (κ1) is 19.7. The van der Waals surface area contributed by atoms with E-state index in [9.17, 15) is 4.79 Å². The van der Waals surface area contributed by atoms with Crippen LogP contribution in [0, 0.1) is 11.3 Å². The zero-order chi connectivity index (χ0) is 20.9. The van der Waals surface area contributed by atoms with E-state index in [0.717, 1.165) is 40.8 Å². The molecule has 1 saturated heterocycles. The summed E-state index contributed by atoms with van der Waals surface area (Å²) in [5.74, 6) is 0.456. The number of aromatic nitrogens is 3. The van der Waals surface area contributed by atoms with Crippen LogP contribution in [0.5, 0.6) is 5.88 Å². The highest BCUT2D eigenvalue weighted by molar-refractivity contribution is 5.97. The largest absolute Gasteiger partial charge is 0.478 e. The van der Waals surface area contributed by atoms with E-state index in [-0.39, 0.29) is 18.4 Å². The maximum Gasteiger partial charge on any atom is 0.236 e. The average molecular weight is 404 g/mol. The second-order valence-corrected chi connectivity index (χ2v) is 7.24. The highest BCUT2D eigenvalue weighted by Crippen LogP contribution is 2.34. The second-order valence-electron chi connectivity index (χ2n) is 7.24. The van der Waals surface area contributed by atoms with E-state index in [2.05, 4.69) is 20.3 Å². The zero-order valence-corrected chi connectivity index (χ0v) is 16.9. The number of hydrogen-bond donors (Lipinski definition) is 2. The van der Waals surface area contributed by atoms with Gasteiger partial charge in [0.1, 0.15) is 12.1 Å². The van der Waals surface area contributed by atoms with Crippen LogP contribution >= 0.6 is 0 Å². The number of anilines is 1. The molecule has 4 heterocycles. The number of aromatic amines is 1. The van der Waals surface area contributed by atoms with E-state index in [0.29, 0.717) is 25.6 Å². The molecule has 0 aromatic carbocycles. The number of ether oxygens (including phenoxy) is 1. The molecule has 1 aliphatic rings. The Bertz CT molecular complexity index is 1090. The minimum Gasteiger partial charge on any atom is -0.478 e. The molecule has 0 radical (unpaired) electrons. The first-order valence-corrected chi connectivity index (χ1v) is 10.2. The lowest BCUT2D eigenvalue weighted by molar-refractivity contribution is -0.131. The van der Waals surface area contributed by atoms with Crippen LogP contribution in [0.25, 0.3) is 22.3 Å². The minimum absolute atomic E-state index is 0.0794. The van der Waals surface area contributed by atoms with Gasteiger partial charge in [-0.2, -0.15) is 5.26 Å². The fraction of sp³-hybridized carbons (Fsp3) is 0.364. The molecule has 8 heteroatoms. The van der Waals surface area contributed by atoms with Gasteiger partial charge >= 0.3 is 0 Å². The number of piperidine rings is 1. The summed E-state index contributed by atoms with van der Waals surface area (Å²) in [6.07, 6.45) is 5.42. The predicted molar refractivity (Wildman–Crippen MR) is 114 cm³/mol. The Morgan fingerprint density at radius 2 is 2.33 bits per heavy atom. The van der Waals surface area contributed by atoms with Gasteiger partial charge in [-0.25, -0.2) is 9.97 Å². The Morgan fingerprint density at radius 1 is 1.43 bits per heavy atom. The molecule has 3 aromatic rings. The maximum atomic E-state index is 12.2. The van der Waals surface area contributed by atoms with Crippen molar-refractivity contribution in [2.45, 2.75) is 32.2 Å². The second kappa shape index (κ2) is 8.82. The van der Waals surface area contributed by atoms with Crippen molar-refractivity contribution in [2.24, 2.45) is 0 Å². The van der Waals surface area contributed by atoms with Crippen LogP contribution in [0.2, 0.25) is 0 Å². The van der Waals surface area contributed by atoms with Crippen molar-refractivity contribution in [3.63, 3.8) is 0 Å². The lowest BCUT2D eigenvalue weighted by Gasteiger charge is -2.34. The van der Waals surface area contributed by atoms with Crippen LogP contribution in [-0.2, 0) is 4.79 Å². The molecule has 1 aliphatic heterocycles. The summed E-state index contributed by atoms with van der Waals surface area (Å²) in [7, 11) is 0. The summed E-state index contributed by atoms with van der Waals surface area (Å²) in [5, 5.41) is 13.5. The summed E-state index contributed by atoms with van der Waals surface area (Å²) in [5.41, 5.74) is 3.37. The molecule has 0 unspecified atom stereocenters. The first-order chi connectivity index (χ1) is 14.7. The van der Waals surface area contributed by atoms with Crippen molar-refractivity contribution in [3.05, 3.63) is 36.7 Å². The van der Waals surface area contributed by atoms with Gasteiger partial charge in [0.15, 0.2) is 0 Å². The Labute approximate surface area is 174 Å². The summed E-state index contributed by atoms with van der Waals surface area (Å²) in [6.45, 7) is 3.74. The molecule has 1 atom stereocenters. The molecule has 0 saturated carbocycles. The Kier molecular flexibility index (Phi) is 5.80. The Morgan fingerprint density at radius 3 is 3.17 bits per heavy atom. The number of H-pyrrole nitrogens is 1. The van der Waals surface area contributed by atoms with Crippen molar-refractivity contribution in [2.75, 3.05) is 25.0 Å². The number of likely N-dealkylation sites (tertiary alicyclic amines) is 1. The molecule has 0 spiro atoms. The van der Waals surface area contributed by atoms with Gasteiger partial charge in [-0.15, -0.1) is 0 Å². The number of nitrogens with one attached hydrogen (secondary N) is 2. The van der Waals surface area contributed by atoms with Crippen molar-refractivity contribution < 1.29 is 9.53 Å². The number of nitriles is 1.